The number of aryl methyl sites for hydroxylation is 2. The Kier molecular flexibility index (Phi) is 6.00. The molecule has 1 aliphatic rings. The summed E-state index contributed by atoms with van der Waals surface area (Å²) in [6.07, 6.45) is 8.49. The lowest BCUT2D eigenvalue weighted by Gasteiger charge is -2.30. The van der Waals surface area contributed by atoms with E-state index in [1.165, 1.54) is 0 Å². The maximum atomic E-state index is 12.2. The second-order valence-electron chi connectivity index (χ2n) is 6.47. The van der Waals surface area contributed by atoms with Crippen LogP contribution in [0.4, 0.5) is 10.6 Å². The fourth-order valence-electron chi connectivity index (χ4n) is 3.26. The summed E-state index contributed by atoms with van der Waals surface area (Å²) in [6, 6.07) is 7.39. The average molecular weight is 343 g/mol. The van der Waals surface area contributed by atoms with Crippen LogP contribution in [0, 0.1) is 5.92 Å². The van der Waals surface area contributed by atoms with Crippen molar-refractivity contribution in [1.82, 2.24) is 20.1 Å². The first-order chi connectivity index (χ1) is 12.2. The number of nitrogens with zero attached hydrogens (tertiary/aromatic N) is 3. The molecule has 3 rings (SSSR count). The predicted octanol–water partition coefficient (Wildman–Crippen LogP) is 2.19. The fourth-order valence-corrected chi connectivity index (χ4v) is 3.26. The minimum absolute atomic E-state index is 0.0324. The molecule has 25 heavy (non-hydrogen) atoms. The van der Waals surface area contributed by atoms with E-state index in [4.69, 9.17) is 0 Å². The van der Waals surface area contributed by atoms with Crippen LogP contribution < -0.4 is 10.6 Å². The first-order valence-electron chi connectivity index (χ1n) is 8.86. The molecule has 0 aliphatic heterocycles. The van der Waals surface area contributed by atoms with Crippen LogP contribution >= 0.6 is 0 Å². The van der Waals surface area contributed by atoms with Crippen LogP contribution in [0.3, 0.4) is 0 Å². The Balaban J connectivity index is 1.48. The second kappa shape index (κ2) is 8.62. The van der Waals surface area contributed by atoms with Gasteiger partial charge in [0.05, 0.1) is 0 Å². The van der Waals surface area contributed by atoms with Gasteiger partial charge in [0.25, 0.3) is 0 Å². The van der Waals surface area contributed by atoms with Crippen LogP contribution in [0.1, 0.15) is 31.4 Å². The summed E-state index contributed by atoms with van der Waals surface area (Å²) >= 11 is 0. The summed E-state index contributed by atoms with van der Waals surface area (Å²) in [5.41, 5.74) is 1.01. The highest BCUT2D eigenvalue weighted by Crippen LogP contribution is 2.24. The van der Waals surface area contributed by atoms with Gasteiger partial charge in [-0.15, -0.1) is 0 Å². The molecule has 2 aromatic heterocycles. The standard InChI is InChI=1S/C18H25N5O2/c24-13-14-5-1-2-7-16(14)20-18(25)21-17-9-12-23(22-17)11-8-15-6-3-4-10-19-15/h3-4,6,9-10,12,14,16,24H,1-2,5,7-8,11,13H2,(H2,20,21,22,25)/t14-,16+/m1/s1. The van der Waals surface area contributed by atoms with Gasteiger partial charge in [-0.25, -0.2) is 4.79 Å². The van der Waals surface area contributed by atoms with Crippen molar-refractivity contribution < 1.29 is 9.90 Å². The zero-order chi connectivity index (χ0) is 17.5. The minimum Gasteiger partial charge on any atom is -0.396 e. The predicted molar refractivity (Wildman–Crippen MR) is 95.2 cm³/mol. The number of carbonyl (C=O) groups is 1. The number of hydrogen-bond acceptors (Lipinski definition) is 4. The van der Waals surface area contributed by atoms with Gasteiger partial charge in [-0.05, 0) is 25.0 Å². The Bertz CT molecular complexity index is 673. The molecule has 2 aromatic rings. The van der Waals surface area contributed by atoms with Crippen molar-refractivity contribution in [3.63, 3.8) is 0 Å². The van der Waals surface area contributed by atoms with E-state index in [-0.39, 0.29) is 24.6 Å². The zero-order valence-corrected chi connectivity index (χ0v) is 14.3. The maximum Gasteiger partial charge on any atom is 0.320 e. The molecule has 0 spiro atoms. The van der Waals surface area contributed by atoms with Gasteiger partial charge in [0.2, 0.25) is 0 Å². The SMILES string of the molecule is O=C(Nc1ccn(CCc2ccccn2)n1)N[C@H]1CCCC[C@@H]1CO. The molecule has 7 nitrogen and oxygen atoms in total. The molecule has 1 saturated carbocycles. The van der Waals surface area contributed by atoms with Crippen LogP contribution in [-0.4, -0.2) is 38.6 Å². The normalized spacial score (nSPS) is 20.2. The summed E-state index contributed by atoms with van der Waals surface area (Å²) in [5.74, 6) is 0.672. The largest absolute Gasteiger partial charge is 0.396 e. The molecule has 3 N–H and O–H groups in total. The van der Waals surface area contributed by atoms with Crippen molar-refractivity contribution in [3.05, 3.63) is 42.4 Å². The molecule has 0 aromatic carbocycles. The van der Waals surface area contributed by atoms with Crippen molar-refractivity contribution in [1.29, 1.82) is 0 Å². The number of urea groups is 1. The van der Waals surface area contributed by atoms with Crippen molar-refractivity contribution in [2.75, 3.05) is 11.9 Å². The molecule has 0 bridgehead atoms. The molecule has 1 aliphatic carbocycles. The summed E-state index contributed by atoms with van der Waals surface area (Å²) in [6.45, 7) is 0.822. The van der Waals surface area contributed by atoms with Gasteiger partial charge >= 0.3 is 6.03 Å². The highest BCUT2D eigenvalue weighted by molar-refractivity contribution is 5.88. The van der Waals surface area contributed by atoms with Crippen LogP contribution in [0.15, 0.2) is 36.7 Å². The molecule has 134 valence electrons. The molecule has 2 heterocycles. The van der Waals surface area contributed by atoms with Gasteiger partial charge in [-0.2, -0.15) is 5.10 Å². The number of amides is 2. The van der Waals surface area contributed by atoms with Gasteiger partial charge in [-0.1, -0.05) is 18.9 Å². The minimum atomic E-state index is -0.264. The van der Waals surface area contributed by atoms with E-state index in [1.54, 1.807) is 16.9 Å². The van der Waals surface area contributed by atoms with E-state index < -0.39 is 0 Å². The van der Waals surface area contributed by atoms with Gasteiger partial charge in [0, 0.05) is 55.7 Å². The Morgan fingerprint density at radius 3 is 2.96 bits per heavy atom. The Morgan fingerprint density at radius 2 is 2.16 bits per heavy atom. The van der Waals surface area contributed by atoms with E-state index in [2.05, 4.69) is 20.7 Å². The summed E-state index contributed by atoms with van der Waals surface area (Å²) in [5, 5.41) is 19.5. The quantitative estimate of drug-likeness (QED) is 0.750. The lowest BCUT2D eigenvalue weighted by Crippen LogP contribution is -2.45. The summed E-state index contributed by atoms with van der Waals surface area (Å²) in [4.78, 5) is 16.5. The molecule has 2 atom stereocenters. The van der Waals surface area contributed by atoms with Crippen LogP contribution in [0.2, 0.25) is 0 Å². The highest BCUT2D eigenvalue weighted by Gasteiger charge is 2.25. The number of rotatable bonds is 6. The Hall–Kier alpha value is -2.41. The zero-order valence-electron chi connectivity index (χ0n) is 14.3. The first-order valence-corrected chi connectivity index (χ1v) is 8.86. The van der Waals surface area contributed by atoms with E-state index in [1.807, 2.05) is 24.4 Å². The smallest absolute Gasteiger partial charge is 0.320 e. The lowest BCUT2D eigenvalue weighted by molar-refractivity contribution is 0.156. The van der Waals surface area contributed by atoms with E-state index >= 15 is 0 Å². The van der Waals surface area contributed by atoms with Crippen molar-refractivity contribution in [2.45, 2.75) is 44.7 Å². The topological polar surface area (TPSA) is 92.1 Å². The molecule has 0 saturated heterocycles. The molecular weight excluding hydrogens is 318 g/mol. The van der Waals surface area contributed by atoms with E-state index in [0.29, 0.717) is 12.4 Å². The van der Waals surface area contributed by atoms with Crippen LogP contribution in [0.25, 0.3) is 0 Å². The lowest BCUT2D eigenvalue weighted by atomic mass is 9.85. The van der Waals surface area contributed by atoms with Crippen molar-refractivity contribution in [3.8, 4) is 0 Å². The molecule has 0 radical (unpaired) electrons. The third-order valence-corrected chi connectivity index (χ3v) is 4.67. The Morgan fingerprint density at radius 1 is 1.28 bits per heavy atom. The Labute approximate surface area is 147 Å². The van der Waals surface area contributed by atoms with Gasteiger partial charge in [0.1, 0.15) is 0 Å². The highest BCUT2D eigenvalue weighted by atomic mass is 16.3. The second-order valence-corrected chi connectivity index (χ2v) is 6.47. The average Bonchev–Trinajstić information content (AvgIpc) is 3.08. The third kappa shape index (κ3) is 5.03. The monoisotopic (exact) mass is 343 g/mol. The molecule has 2 amide bonds. The van der Waals surface area contributed by atoms with Crippen LogP contribution in [0.5, 0.6) is 0 Å². The number of nitrogens with one attached hydrogen (secondary N) is 2. The number of aromatic nitrogens is 3. The van der Waals surface area contributed by atoms with Crippen molar-refractivity contribution >= 4 is 11.8 Å². The van der Waals surface area contributed by atoms with Gasteiger partial charge < -0.3 is 10.4 Å². The molecule has 7 heteroatoms. The summed E-state index contributed by atoms with van der Waals surface area (Å²) in [7, 11) is 0. The first kappa shape index (κ1) is 17.4. The van der Waals surface area contributed by atoms with Crippen molar-refractivity contribution in [2.24, 2.45) is 5.92 Å². The summed E-state index contributed by atoms with van der Waals surface area (Å²) < 4.78 is 1.79. The number of pyridine rings is 1. The number of aliphatic hydroxyl groups excluding tert-OH is 1. The number of hydrogen-bond donors (Lipinski definition) is 3. The van der Waals surface area contributed by atoms with E-state index in [0.717, 1.165) is 37.8 Å². The van der Waals surface area contributed by atoms with Gasteiger partial charge in [0.15, 0.2) is 5.82 Å². The number of carbonyl (C=O) groups excluding carboxylic acids is 1. The number of anilines is 1. The van der Waals surface area contributed by atoms with Gasteiger partial charge in [-0.3, -0.25) is 15.0 Å². The molecule has 1 fully saturated rings. The molecular formula is C18H25N5O2. The fraction of sp³-hybridized carbons (Fsp3) is 0.500. The van der Waals surface area contributed by atoms with E-state index in [9.17, 15) is 9.90 Å². The molecule has 0 unspecified atom stereocenters. The van der Waals surface area contributed by atoms with Crippen LogP contribution in [-0.2, 0) is 13.0 Å². The maximum absolute atomic E-state index is 12.2. The third-order valence-electron chi connectivity index (χ3n) is 4.67. The number of aliphatic hydroxyl groups is 1.